The molecular weight excluding hydrogens is 312 g/mol. The number of hydrogen-bond acceptors (Lipinski definition) is 6. The minimum Gasteiger partial charge on any atom is -0.481 e. The van der Waals surface area contributed by atoms with Crippen LogP contribution in [0, 0.1) is 0 Å². The van der Waals surface area contributed by atoms with Crippen LogP contribution in [-0.4, -0.2) is 42.0 Å². The molecule has 6 nitrogen and oxygen atoms in total. The van der Waals surface area contributed by atoms with Crippen molar-refractivity contribution in [1.29, 1.82) is 0 Å². The molecule has 1 aromatic heterocycles. The van der Waals surface area contributed by atoms with E-state index in [0.29, 0.717) is 25.0 Å². The molecule has 0 spiro atoms. The molecule has 0 saturated carbocycles. The number of aryl methyl sites for hydroxylation is 1. The molecule has 2 aliphatic rings. The molecule has 21 heavy (non-hydrogen) atoms. The lowest BCUT2D eigenvalue weighted by molar-refractivity contribution is -0.139. The SMILES string of the molecule is O=C(O)C1CCCc2sc(NC3CCS(=O)(=O)CC3)nc21. The predicted molar refractivity (Wildman–Crippen MR) is 80.7 cm³/mol. The lowest BCUT2D eigenvalue weighted by Gasteiger charge is -2.22. The van der Waals surface area contributed by atoms with Gasteiger partial charge < -0.3 is 10.4 Å². The quantitative estimate of drug-likeness (QED) is 0.874. The Balaban J connectivity index is 1.72. The predicted octanol–water partition coefficient (Wildman–Crippen LogP) is 1.64. The number of hydrogen-bond donors (Lipinski definition) is 2. The van der Waals surface area contributed by atoms with Gasteiger partial charge in [0.25, 0.3) is 0 Å². The lowest BCUT2D eigenvalue weighted by atomic mass is 9.91. The van der Waals surface area contributed by atoms with Crippen molar-refractivity contribution in [3.8, 4) is 0 Å². The Morgan fingerprint density at radius 1 is 1.29 bits per heavy atom. The molecule has 1 aliphatic heterocycles. The number of carboxylic acids is 1. The van der Waals surface area contributed by atoms with Crippen LogP contribution < -0.4 is 5.32 Å². The van der Waals surface area contributed by atoms with Gasteiger partial charge in [-0.2, -0.15) is 0 Å². The molecule has 2 N–H and O–H groups in total. The molecule has 1 aliphatic carbocycles. The minimum atomic E-state index is -2.86. The van der Waals surface area contributed by atoms with E-state index in [2.05, 4.69) is 10.3 Å². The second-order valence-electron chi connectivity index (χ2n) is 5.68. The number of aromatic nitrogens is 1. The van der Waals surface area contributed by atoms with Crippen LogP contribution in [0.3, 0.4) is 0 Å². The first-order valence-electron chi connectivity index (χ1n) is 7.14. The number of fused-ring (bicyclic) bond motifs is 1. The van der Waals surface area contributed by atoms with Crippen molar-refractivity contribution in [3.63, 3.8) is 0 Å². The van der Waals surface area contributed by atoms with Gasteiger partial charge >= 0.3 is 5.97 Å². The van der Waals surface area contributed by atoms with E-state index in [-0.39, 0.29) is 17.5 Å². The third-order valence-electron chi connectivity index (χ3n) is 4.13. The van der Waals surface area contributed by atoms with Crippen LogP contribution in [0.4, 0.5) is 5.13 Å². The zero-order chi connectivity index (χ0) is 15.0. The maximum Gasteiger partial charge on any atom is 0.312 e. The summed E-state index contributed by atoms with van der Waals surface area (Å²) in [4.78, 5) is 16.8. The van der Waals surface area contributed by atoms with Gasteiger partial charge in [-0.05, 0) is 32.1 Å². The lowest BCUT2D eigenvalue weighted by Crippen LogP contribution is -2.32. The highest BCUT2D eigenvalue weighted by Gasteiger charge is 2.31. The number of nitrogens with zero attached hydrogens (tertiary/aromatic N) is 1. The molecule has 1 unspecified atom stereocenters. The summed E-state index contributed by atoms with van der Waals surface area (Å²) in [6.07, 6.45) is 3.60. The Kier molecular flexibility index (Phi) is 3.92. The first-order valence-corrected chi connectivity index (χ1v) is 9.78. The number of sulfone groups is 1. The summed E-state index contributed by atoms with van der Waals surface area (Å²) in [5.74, 6) is -0.870. The third kappa shape index (κ3) is 3.21. The van der Waals surface area contributed by atoms with Crippen molar-refractivity contribution in [1.82, 2.24) is 4.98 Å². The van der Waals surface area contributed by atoms with Gasteiger partial charge in [-0.3, -0.25) is 4.79 Å². The Morgan fingerprint density at radius 3 is 2.67 bits per heavy atom. The average molecular weight is 330 g/mol. The fourth-order valence-corrected chi connectivity index (χ4v) is 5.56. The van der Waals surface area contributed by atoms with Crippen molar-refractivity contribution >= 4 is 32.3 Å². The summed E-state index contributed by atoms with van der Waals surface area (Å²) in [6.45, 7) is 0. The molecule has 1 atom stereocenters. The molecular formula is C13H18N2O4S2. The molecule has 2 heterocycles. The molecule has 0 aromatic carbocycles. The highest BCUT2D eigenvalue weighted by Crippen LogP contribution is 2.37. The van der Waals surface area contributed by atoms with E-state index in [1.807, 2.05) is 0 Å². The number of carbonyl (C=O) groups is 1. The van der Waals surface area contributed by atoms with E-state index in [1.54, 1.807) is 0 Å². The molecule has 3 rings (SSSR count). The Hall–Kier alpha value is -1.15. The molecule has 116 valence electrons. The standard InChI is InChI=1S/C13H18N2O4S2/c16-12(17)9-2-1-3-10-11(9)15-13(20-10)14-8-4-6-21(18,19)7-5-8/h8-9H,1-7H2,(H,14,15)(H,16,17). The molecule has 8 heteroatoms. The maximum atomic E-state index is 11.4. The van der Waals surface area contributed by atoms with Gasteiger partial charge in [-0.1, -0.05) is 0 Å². The van der Waals surface area contributed by atoms with Gasteiger partial charge in [0, 0.05) is 10.9 Å². The summed E-state index contributed by atoms with van der Waals surface area (Å²) in [6, 6.07) is 0.115. The summed E-state index contributed by atoms with van der Waals surface area (Å²) in [5.41, 5.74) is 0.699. The van der Waals surface area contributed by atoms with Crippen LogP contribution in [0.2, 0.25) is 0 Å². The highest BCUT2D eigenvalue weighted by atomic mass is 32.2. The highest BCUT2D eigenvalue weighted by molar-refractivity contribution is 7.91. The van der Waals surface area contributed by atoms with E-state index < -0.39 is 21.7 Å². The van der Waals surface area contributed by atoms with Crippen molar-refractivity contribution < 1.29 is 18.3 Å². The van der Waals surface area contributed by atoms with Crippen molar-refractivity contribution in [3.05, 3.63) is 10.6 Å². The van der Waals surface area contributed by atoms with Crippen molar-refractivity contribution in [2.75, 3.05) is 16.8 Å². The van der Waals surface area contributed by atoms with Crippen molar-refractivity contribution in [2.24, 2.45) is 0 Å². The zero-order valence-electron chi connectivity index (χ0n) is 11.5. The van der Waals surface area contributed by atoms with E-state index in [1.165, 1.54) is 11.3 Å². The van der Waals surface area contributed by atoms with Gasteiger partial charge in [0.1, 0.15) is 15.8 Å². The molecule has 1 aromatic rings. The molecule has 0 bridgehead atoms. The molecule has 1 fully saturated rings. The second kappa shape index (κ2) is 5.57. The topological polar surface area (TPSA) is 96.4 Å². The van der Waals surface area contributed by atoms with Crippen LogP contribution in [0.15, 0.2) is 0 Å². The summed E-state index contributed by atoms with van der Waals surface area (Å²) >= 11 is 1.52. The Morgan fingerprint density at radius 2 is 2.00 bits per heavy atom. The largest absolute Gasteiger partial charge is 0.481 e. The van der Waals surface area contributed by atoms with Gasteiger partial charge in [-0.15, -0.1) is 11.3 Å². The van der Waals surface area contributed by atoms with Gasteiger partial charge in [0.15, 0.2) is 5.13 Å². The van der Waals surface area contributed by atoms with Crippen LogP contribution in [0.25, 0.3) is 0 Å². The Bertz CT molecular complexity index is 639. The first kappa shape index (κ1) is 14.8. The van der Waals surface area contributed by atoms with Crippen LogP contribution in [0.1, 0.15) is 42.2 Å². The van der Waals surface area contributed by atoms with E-state index in [4.69, 9.17) is 0 Å². The third-order valence-corrected chi connectivity index (χ3v) is 6.91. The second-order valence-corrected chi connectivity index (χ2v) is 9.07. The summed E-state index contributed by atoms with van der Waals surface area (Å²) < 4.78 is 22.8. The summed E-state index contributed by atoms with van der Waals surface area (Å²) in [7, 11) is -2.86. The van der Waals surface area contributed by atoms with Crippen LogP contribution >= 0.6 is 11.3 Å². The summed E-state index contributed by atoms with van der Waals surface area (Å²) in [5, 5.41) is 13.3. The molecule has 0 radical (unpaired) electrons. The van der Waals surface area contributed by atoms with Crippen molar-refractivity contribution in [2.45, 2.75) is 44.1 Å². The number of carboxylic acid groups (broad SMARTS) is 1. The molecule has 1 saturated heterocycles. The van der Waals surface area contributed by atoms with Crippen LogP contribution in [0.5, 0.6) is 0 Å². The normalized spacial score (nSPS) is 25.2. The minimum absolute atomic E-state index is 0.115. The number of anilines is 1. The van der Waals surface area contributed by atoms with Gasteiger partial charge in [0.05, 0.1) is 17.2 Å². The number of nitrogens with one attached hydrogen (secondary N) is 1. The average Bonchev–Trinajstić information content (AvgIpc) is 2.83. The van der Waals surface area contributed by atoms with E-state index in [9.17, 15) is 18.3 Å². The monoisotopic (exact) mass is 330 g/mol. The zero-order valence-corrected chi connectivity index (χ0v) is 13.2. The fourth-order valence-electron chi connectivity index (χ4n) is 2.93. The number of thiazole rings is 1. The smallest absolute Gasteiger partial charge is 0.312 e. The number of aliphatic carboxylic acids is 1. The van der Waals surface area contributed by atoms with Crippen LogP contribution in [-0.2, 0) is 21.1 Å². The Labute approximate surface area is 127 Å². The molecule has 0 amide bonds. The fraction of sp³-hybridized carbons (Fsp3) is 0.692. The maximum absolute atomic E-state index is 11.4. The van der Waals surface area contributed by atoms with Gasteiger partial charge in [0.2, 0.25) is 0 Å². The number of rotatable bonds is 3. The van der Waals surface area contributed by atoms with Gasteiger partial charge in [-0.25, -0.2) is 13.4 Å². The van der Waals surface area contributed by atoms with E-state index >= 15 is 0 Å². The van der Waals surface area contributed by atoms with E-state index in [0.717, 1.165) is 22.9 Å². The first-order chi connectivity index (χ1) is 9.94.